The molecule has 4 nitrogen and oxygen atoms in total. The number of halogens is 2. The first-order valence-corrected chi connectivity index (χ1v) is 7.20. The molecule has 0 spiro atoms. The summed E-state index contributed by atoms with van der Waals surface area (Å²) in [6.45, 7) is 1.32. The van der Waals surface area contributed by atoms with Crippen molar-refractivity contribution < 1.29 is 26.7 Å². The normalized spacial score (nSPS) is 13.1. The molecule has 0 radical (unpaired) electrons. The van der Waals surface area contributed by atoms with Crippen LogP contribution in [0.25, 0.3) is 0 Å². The first-order chi connectivity index (χ1) is 8.77. The Balaban J connectivity index is 2.90. The largest absolute Gasteiger partial charge is 0.469 e. The molecule has 0 fully saturated rings. The molecule has 19 heavy (non-hydrogen) atoms. The molecule has 0 heterocycles. The third-order valence-corrected chi connectivity index (χ3v) is 4.79. The van der Waals surface area contributed by atoms with E-state index in [0.29, 0.717) is 0 Å². The molecule has 106 valence electrons. The minimum atomic E-state index is -3.77. The Bertz CT molecular complexity index is 569. The lowest BCUT2D eigenvalue weighted by Gasteiger charge is -2.12. The van der Waals surface area contributed by atoms with Crippen LogP contribution in [0.3, 0.4) is 0 Å². The first kappa shape index (κ1) is 15.6. The molecular formula is C12H14F2O4S. The Hall–Kier alpha value is -1.50. The third-order valence-electron chi connectivity index (χ3n) is 2.68. The molecule has 0 amide bonds. The Morgan fingerprint density at radius 1 is 1.37 bits per heavy atom. The SMILES string of the molecule is COC(=O)CC(C)S(=O)(=O)Cc1cccc(F)c1F. The van der Waals surface area contributed by atoms with Crippen LogP contribution in [0.2, 0.25) is 0 Å². The molecule has 0 aromatic heterocycles. The fourth-order valence-electron chi connectivity index (χ4n) is 1.46. The molecule has 0 aliphatic carbocycles. The van der Waals surface area contributed by atoms with Crippen molar-refractivity contribution in [1.82, 2.24) is 0 Å². The summed E-state index contributed by atoms with van der Waals surface area (Å²) in [7, 11) is -2.62. The number of hydrogen-bond acceptors (Lipinski definition) is 4. The van der Waals surface area contributed by atoms with Gasteiger partial charge in [0.05, 0.1) is 24.5 Å². The number of esters is 1. The average molecular weight is 292 g/mol. The zero-order chi connectivity index (χ0) is 14.6. The minimum Gasteiger partial charge on any atom is -0.469 e. The molecule has 1 unspecified atom stereocenters. The third kappa shape index (κ3) is 3.99. The van der Waals surface area contributed by atoms with E-state index in [1.54, 1.807) is 0 Å². The number of rotatable bonds is 5. The fourth-order valence-corrected chi connectivity index (χ4v) is 2.79. The van der Waals surface area contributed by atoms with Crippen LogP contribution in [-0.2, 0) is 25.1 Å². The van der Waals surface area contributed by atoms with Crippen LogP contribution in [-0.4, -0.2) is 26.7 Å². The maximum atomic E-state index is 13.4. The van der Waals surface area contributed by atoms with Crippen molar-refractivity contribution in [2.45, 2.75) is 24.3 Å². The highest BCUT2D eigenvalue weighted by Crippen LogP contribution is 2.18. The van der Waals surface area contributed by atoms with E-state index in [0.717, 1.165) is 13.2 Å². The van der Waals surface area contributed by atoms with Crippen molar-refractivity contribution >= 4 is 15.8 Å². The van der Waals surface area contributed by atoms with Crippen LogP contribution in [0.5, 0.6) is 0 Å². The van der Waals surface area contributed by atoms with E-state index in [1.807, 2.05) is 0 Å². The van der Waals surface area contributed by atoms with E-state index < -0.39 is 38.4 Å². The zero-order valence-electron chi connectivity index (χ0n) is 10.5. The molecule has 1 rings (SSSR count). The lowest BCUT2D eigenvalue weighted by molar-refractivity contribution is -0.140. The van der Waals surface area contributed by atoms with Crippen LogP contribution in [0.4, 0.5) is 8.78 Å². The quantitative estimate of drug-likeness (QED) is 0.777. The maximum absolute atomic E-state index is 13.4. The number of sulfone groups is 1. The second-order valence-electron chi connectivity index (χ2n) is 4.11. The van der Waals surface area contributed by atoms with E-state index in [-0.39, 0.29) is 12.0 Å². The highest BCUT2D eigenvalue weighted by atomic mass is 32.2. The van der Waals surface area contributed by atoms with Gasteiger partial charge in [0.1, 0.15) is 0 Å². The lowest BCUT2D eigenvalue weighted by Crippen LogP contribution is -2.24. The van der Waals surface area contributed by atoms with Crippen LogP contribution in [0, 0.1) is 11.6 Å². The van der Waals surface area contributed by atoms with E-state index in [4.69, 9.17) is 0 Å². The Labute approximate surface area is 110 Å². The monoisotopic (exact) mass is 292 g/mol. The molecule has 0 saturated heterocycles. The number of ether oxygens (including phenoxy) is 1. The van der Waals surface area contributed by atoms with Gasteiger partial charge in [-0.2, -0.15) is 0 Å². The van der Waals surface area contributed by atoms with Gasteiger partial charge in [0.25, 0.3) is 0 Å². The Kier molecular flexibility index (Phi) is 4.99. The van der Waals surface area contributed by atoms with Crippen LogP contribution < -0.4 is 0 Å². The topological polar surface area (TPSA) is 60.4 Å². The Morgan fingerprint density at radius 3 is 2.58 bits per heavy atom. The van der Waals surface area contributed by atoms with Gasteiger partial charge in [-0.05, 0) is 13.0 Å². The second kappa shape index (κ2) is 6.10. The van der Waals surface area contributed by atoms with E-state index in [2.05, 4.69) is 4.74 Å². The lowest BCUT2D eigenvalue weighted by atomic mass is 10.2. The second-order valence-corrected chi connectivity index (χ2v) is 6.53. The Morgan fingerprint density at radius 2 is 2.00 bits per heavy atom. The maximum Gasteiger partial charge on any atom is 0.306 e. The van der Waals surface area contributed by atoms with Crippen molar-refractivity contribution in [2.75, 3.05) is 7.11 Å². The highest BCUT2D eigenvalue weighted by Gasteiger charge is 2.26. The molecule has 7 heteroatoms. The highest BCUT2D eigenvalue weighted by molar-refractivity contribution is 7.91. The summed E-state index contributed by atoms with van der Waals surface area (Å²) < 4.78 is 54.6. The van der Waals surface area contributed by atoms with Gasteiger partial charge in [-0.15, -0.1) is 0 Å². The summed E-state index contributed by atoms with van der Waals surface area (Å²) in [5, 5.41) is -1.03. The fraction of sp³-hybridized carbons (Fsp3) is 0.417. The van der Waals surface area contributed by atoms with E-state index in [9.17, 15) is 22.0 Å². The summed E-state index contributed by atoms with van der Waals surface area (Å²) in [5.41, 5.74) is -0.253. The van der Waals surface area contributed by atoms with Crippen LogP contribution in [0.15, 0.2) is 18.2 Å². The van der Waals surface area contributed by atoms with Crippen molar-refractivity contribution in [3.63, 3.8) is 0 Å². The smallest absolute Gasteiger partial charge is 0.306 e. The predicted molar refractivity (Wildman–Crippen MR) is 65.1 cm³/mol. The van der Waals surface area contributed by atoms with Gasteiger partial charge in [-0.3, -0.25) is 4.79 Å². The summed E-state index contributed by atoms with van der Waals surface area (Å²) in [6.07, 6.45) is -0.324. The van der Waals surface area contributed by atoms with Gasteiger partial charge in [-0.1, -0.05) is 12.1 Å². The van der Waals surface area contributed by atoms with Crippen LogP contribution in [0.1, 0.15) is 18.9 Å². The minimum absolute atomic E-state index is 0.253. The van der Waals surface area contributed by atoms with Gasteiger partial charge < -0.3 is 4.74 Å². The van der Waals surface area contributed by atoms with E-state index in [1.165, 1.54) is 19.1 Å². The summed E-state index contributed by atoms with van der Waals surface area (Å²) in [5.74, 6) is -3.62. The molecule has 1 aromatic carbocycles. The van der Waals surface area contributed by atoms with Gasteiger partial charge in [0, 0.05) is 5.56 Å². The van der Waals surface area contributed by atoms with Gasteiger partial charge in [-0.25, -0.2) is 17.2 Å². The molecule has 1 atom stereocenters. The number of methoxy groups -OCH3 is 1. The van der Waals surface area contributed by atoms with E-state index >= 15 is 0 Å². The molecule has 0 bridgehead atoms. The van der Waals surface area contributed by atoms with Gasteiger partial charge in [0.15, 0.2) is 21.5 Å². The molecular weight excluding hydrogens is 278 g/mol. The zero-order valence-corrected chi connectivity index (χ0v) is 11.3. The molecule has 0 saturated carbocycles. The number of carbonyl (C=O) groups excluding carboxylic acids is 1. The van der Waals surface area contributed by atoms with Crippen LogP contribution >= 0.6 is 0 Å². The van der Waals surface area contributed by atoms with Gasteiger partial charge in [0.2, 0.25) is 0 Å². The molecule has 0 aliphatic heterocycles. The standard InChI is InChI=1S/C12H14F2O4S/c1-8(6-11(15)18-2)19(16,17)7-9-4-3-5-10(13)12(9)14/h3-5,8H,6-7H2,1-2H3. The predicted octanol–water partition coefficient (Wildman–Crippen LogP) is 1.83. The molecule has 1 aromatic rings. The summed E-state index contributed by atoms with van der Waals surface area (Å²) in [6, 6.07) is 3.33. The number of hydrogen-bond donors (Lipinski definition) is 0. The first-order valence-electron chi connectivity index (χ1n) is 5.49. The summed E-state index contributed by atoms with van der Waals surface area (Å²) >= 11 is 0. The molecule has 0 N–H and O–H groups in total. The van der Waals surface area contributed by atoms with Crippen molar-refractivity contribution in [1.29, 1.82) is 0 Å². The van der Waals surface area contributed by atoms with Gasteiger partial charge >= 0.3 is 5.97 Å². The average Bonchev–Trinajstić information content (AvgIpc) is 2.34. The number of benzene rings is 1. The van der Waals surface area contributed by atoms with Crippen molar-refractivity contribution in [3.05, 3.63) is 35.4 Å². The van der Waals surface area contributed by atoms with Crippen molar-refractivity contribution in [2.24, 2.45) is 0 Å². The van der Waals surface area contributed by atoms with Crippen molar-refractivity contribution in [3.8, 4) is 0 Å². The molecule has 0 aliphatic rings. The summed E-state index contributed by atoms with van der Waals surface area (Å²) in [4.78, 5) is 11.0. The number of carbonyl (C=O) groups is 1.